The molecule has 0 spiro atoms. The van der Waals surface area contributed by atoms with E-state index in [4.69, 9.17) is 4.74 Å². The van der Waals surface area contributed by atoms with Gasteiger partial charge in [0.15, 0.2) is 5.76 Å². The summed E-state index contributed by atoms with van der Waals surface area (Å²) < 4.78 is 5.22. The minimum absolute atomic E-state index is 0.100. The van der Waals surface area contributed by atoms with Crippen molar-refractivity contribution in [2.45, 2.75) is 26.4 Å². The Balaban J connectivity index is 2.43. The lowest BCUT2D eigenvalue weighted by molar-refractivity contribution is -0.121. The Labute approximate surface area is 66.4 Å². The van der Waals surface area contributed by atoms with Gasteiger partial charge >= 0.3 is 0 Å². The van der Waals surface area contributed by atoms with E-state index < -0.39 is 0 Å². The molecule has 1 unspecified atom stereocenters. The maximum atomic E-state index is 11.1. The van der Waals surface area contributed by atoms with Crippen LogP contribution in [0.25, 0.3) is 0 Å². The second-order valence-electron chi connectivity index (χ2n) is 2.59. The maximum Gasteiger partial charge on any atom is 0.286 e. The third-order valence-electron chi connectivity index (χ3n) is 1.52. The molecule has 11 heavy (non-hydrogen) atoms. The number of carbonyl (C=O) groups excluding carboxylic acids is 1. The van der Waals surface area contributed by atoms with Crippen LogP contribution in [-0.4, -0.2) is 18.6 Å². The Bertz CT molecular complexity index is 187. The molecule has 1 aliphatic rings. The maximum absolute atomic E-state index is 11.1. The summed E-state index contributed by atoms with van der Waals surface area (Å²) in [5.74, 6) is 0.371. The smallest absolute Gasteiger partial charge is 0.286 e. The summed E-state index contributed by atoms with van der Waals surface area (Å²) in [6, 6.07) is 0. The Morgan fingerprint density at radius 3 is 3.09 bits per heavy atom. The predicted octanol–water partition coefficient (Wildman–Crippen LogP) is 0.815. The van der Waals surface area contributed by atoms with E-state index in [0.29, 0.717) is 12.3 Å². The summed E-state index contributed by atoms with van der Waals surface area (Å²) in [6.45, 7) is 4.48. The first-order chi connectivity index (χ1) is 5.24. The standard InChI is InChI=1S/C8H13NO2/c1-3-9-8(10)7-5-4-6(2)11-7/h5-6H,3-4H2,1-2H3,(H,9,10). The topological polar surface area (TPSA) is 38.3 Å². The second kappa shape index (κ2) is 3.42. The average molecular weight is 155 g/mol. The molecule has 1 heterocycles. The molecule has 1 N–H and O–H groups in total. The number of ether oxygens (including phenoxy) is 1. The van der Waals surface area contributed by atoms with Gasteiger partial charge in [0.2, 0.25) is 0 Å². The van der Waals surface area contributed by atoms with E-state index in [1.165, 1.54) is 0 Å². The minimum Gasteiger partial charge on any atom is -0.485 e. The zero-order valence-electron chi connectivity index (χ0n) is 6.89. The SMILES string of the molecule is CCNC(=O)C1=CCC(C)O1. The molecule has 0 radical (unpaired) electrons. The zero-order valence-corrected chi connectivity index (χ0v) is 6.89. The summed E-state index contributed by atoms with van der Waals surface area (Å²) in [5, 5.41) is 2.68. The third-order valence-corrected chi connectivity index (χ3v) is 1.52. The van der Waals surface area contributed by atoms with Gasteiger partial charge in [-0.05, 0) is 19.9 Å². The van der Waals surface area contributed by atoms with Crippen molar-refractivity contribution in [1.29, 1.82) is 0 Å². The molecule has 0 aromatic rings. The molecule has 0 saturated carbocycles. The third kappa shape index (κ3) is 1.97. The van der Waals surface area contributed by atoms with Gasteiger partial charge in [-0.15, -0.1) is 0 Å². The van der Waals surface area contributed by atoms with E-state index in [1.807, 2.05) is 19.9 Å². The number of hydrogen-bond donors (Lipinski definition) is 1. The van der Waals surface area contributed by atoms with Gasteiger partial charge in [-0.2, -0.15) is 0 Å². The van der Waals surface area contributed by atoms with Crippen LogP contribution in [0, 0.1) is 0 Å². The van der Waals surface area contributed by atoms with Gasteiger partial charge in [-0.3, -0.25) is 4.79 Å². The predicted molar refractivity (Wildman–Crippen MR) is 41.9 cm³/mol. The molecule has 0 saturated heterocycles. The van der Waals surface area contributed by atoms with Crippen LogP contribution in [-0.2, 0) is 9.53 Å². The number of rotatable bonds is 2. The van der Waals surface area contributed by atoms with Gasteiger partial charge in [0.05, 0.1) is 6.10 Å². The molecular weight excluding hydrogens is 142 g/mol. The van der Waals surface area contributed by atoms with Crippen LogP contribution in [0.15, 0.2) is 11.8 Å². The van der Waals surface area contributed by atoms with Crippen LogP contribution in [0.1, 0.15) is 20.3 Å². The highest BCUT2D eigenvalue weighted by Crippen LogP contribution is 2.15. The van der Waals surface area contributed by atoms with Crippen molar-refractivity contribution >= 4 is 5.91 Å². The van der Waals surface area contributed by atoms with Gasteiger partial charge in [0.1, 0.15) is 0 Å². The molecule has 0 aromatic heterocycles. The highest BCUT2D eigenvalue weighted by molar-refractivity contribution is 5.91. The van der Waals surface area contributed by atoms with E-state index in [1.54, 1.807) is 0 Å². The number of hydrogen-bond acceptors (Lipinski definition) is 2. The highest BCUT2D eigenvalue weighted by atomic mass is 16.5. The van der Waals surface area contributed by atoms with Crippen molar-refractivity contribution in [2.24, 2.45) is 0 Å². The van der Waals surface area contributed by atoms with E-state index >= 15 is 0 Å². The highest BCUT2D eigenvalue weighted by Gasteiger charge is 2.18. The van der Waals surface area contributed by atoms with E-state index in [-0.39, 0.29) is 12.0 Å². The molecule has 0 bridgehead atoms. The normalized spacial score (nSPS) is 22.4. The van der Waals surface area contributed by atoms with Crippen molar-refractivity contribution in [3.8, 4) is 0 Å². The first-order valence-corrected chi connectivity index (χ1v) is 3.89. The fourth-order valence-electron chi connectivity index (χ4n) is 0.980. The van der Waals surface area contributed by atoms with Crippen molar-refractivity contribution in [1.82, 2.24) is 5.32 Å². The Morgan fingerprint density at radius 2 is 2.64 bits per heavy atom. The Morgan fingerprint density at radius 1 is 1.91 bits per heavy atom. The first kappa shape index (κ1) is 8.11. The van der Waals surface area contributed by atoms with Crippen molar-refractivity contribution in [3.05, 3.63) is 11.8 Å². The van der Waals surface area contributed by atoms with Crippen molar-refractivity contribution < 1.29 is 9.53 Å². The summed E-state index contributed by atoms with van der Waals surface area (Å²) in [5.41, 5.74) is 0. The quantitative estimate of drug-likeness (QED) is 0.641. The van der Waals surface area contributed by atoms with Gasteiger partial charge in [0, 0.05) is 13.0 Å². The molecule has 0 aliphatic carbocycles. The van der Waals surface area contributed by atoms with Gasteiger partial charge in [0.25, 0.3) is 5.91 Å². The van der Waals surface area contributed by atoms with E-state index in [2.05, 4.69) is 5.32 Å². The average Bonchev–Trinajstić information content (AvgIpc) is 2.36. The van der Waals surface area contributed by atoms with Crippen LogP contribution in [0.4, 0.5) is 0 Å². The number of amides is 1. The Kier molecular flexibility index (Phi) is 2.52. The van der Waals surface area contributed by atoms with Crippen molar-refractivity contribution in [2.75, 3.05) is 6.54 Å². The summed E-state index contributed by atoms with van der Waals surface area (Å²) in [7, 11) is 0. The molecular formula is C8H13NO2. The van der Waals surface area contributed by atoms with E-state index in [0.717, 1.165) is 6.42 Å². The van der Waals surface area contributed by atoms with Crippen LogP contribution in [0.3, 0.4) is 0 Å². The lowest BCUT2D eigenvalue weighted by Crippen LogP contribution is -2.25. The first-order valence-electron chi connectivity index (χ1n) is 3.89. The molecule has 3 heteroatoms. The van der Waals surface area contributed by atoms with Gasteiger partial charge in [-0.1, -0.05) is 0 Å². The van der Waals surface area contributed by atoms with Crippen LogP contribution in [0.5, 0.6) is 0 Å². The molecule has 0 aromatic carbocycles. The van der Waals surface area contributed by atoms with Gasteiger partial charge in [-0.25, -0.2) is 0 Å². The number of likely N-dealkylation sites (N-methyl/N-ethyl adjacent to an activating group) is 1. The van der Waals surface area contributed by atoms with Gasteiger partial charge < -0.3 is 10.1 Å². The van der Waals surface area contributed by atoms with Crippen LogP contribution in [0.2, 0.25) is 0 Å². The molecule has 3 nitrogen and oxygen atoms in total. The lowest BCUT2D eigenvalue weighted by atomic mass is 10.3. The minimum atomic E-state index is -0.100. The fraction of sp³-hybridized carbons (Fsp3) is 0.625. The monoisotopic (exact) mass is 155 g/mol. The fourth-order valence-corrected chi connectivity index (χ4v) is 0.980. The molecule has 1 rings (SSSR count). The van der Waals surface area contributed by atoms with Crippen molar-refractivity contribution in [3.63, 3.8) is 0 Å². The summed E-state index contributed by atoms with van der Waals surface area (Å²) in [6.07, 6.45) is 2.83. The molecule has 1 aliphatic heterocycles. The number of carbonyl (C=O) groups is 1. The largest absolute Gasteiger partial charge is 0.485 e. The van der Waals surface area contributed by atoms with Crippen LogP contribution >= 0.6 is 0 Å². The lowest BCUT2D eigenvalue weighted by Gasteiger charge is -2.06. The van der Waals surface area contributed by atoms with E-state index in [9.17, 15) is 4.79 Å². The number of nitrogens with one attached hydrogen (secondary N) is 1. The second-order valence-corrected chi connectivity index (χ2v) is 2.59. The molecule has 62 valence electrons. The summed E-state index contributed by atoms with van der Waals surface area (Å²) in [4.78, 5) is 11.1. The summed E-state index contributed by atoms with van der Waals surface area (Å²) >= 11 is 0. The molecule has 1 atom stereocenters. The molecule has 1 amide bonds. The Hall–Kier alpha value is -0.990. The zero-order chi connectivity index (χ0) is 8.27. The van der Waals surface area contributed by atoms with Crippen LogP contribution < -0.4 is 5.32 Å². The molecule has 0 fully saturated rings.